The maximum atomic E-state index is 5.70. The Balaban J connectivity index is 2.15. The Bertz CT molecular complexity index is 480. The van der Waals surface area contributed by atoms with E-state index in [1.807, 2.05) is 26.2 Å². The van der Waals surface area contributed by atoms with Crippen LogP contribution in [0.5, 0.6) is 5.88 Å². The molecule has 0 amide bonds. The summed E-state index contributed by atoms with van der Waals surface area (Å²) in [6, 6.07) is 2.06. The maximum absolute atomic E-state index is 5.70. The van der Waals surface area contributed by atoms with E-state index in [2.05, 4.69) is 21.4 Å². The molecule has 0 saturated carbocycles. The minimum Gasteiger partial charge on any atom is -0.472 e. The number of hydrogen-bond donors (Lipinski definition) is 0. The monoisotopic (exact) mass is 234 g/mol. The minimum absolute atomic E-state index is 0.570. The van der Waals surface area contributed by atoms with Crippen LogP contribution < -0.4 is 4.74 Å². The molecule has 0 N–H and O–H groups in total. The summed E-state index contributed by atoms with van der Waals surface area (Å²) < 4.78 is 5.70. The van der Waals surface area contributed by atoms with Gasteiger partial charge in [0.1, 0.15) is 12.4 Å². The van der Waals surface area contributed by atoms with E-state index in [0.29, 0.717) is 12.5 Å². The van der Waals surface area contributed by atoms with E-state index >= 15 is 0 Å². The van der Waals surface area contributed by atoms with Crippen LogP contribution in [0.4, 0.5) is 0 Å². The van der Waals surface area contributed by atoms with Crippen LogP contribution in [0.1, 0.15) is 22.6 Å². The van der Waals surface area contributed by atoms with Gasteiger partial charge in [-0.3, -0.25) is 0 Å². The molecule has 16 heavy (non-hydrogen) atoms. The molecule has 0 aliphatic rings. The molecule has 2 aromatic rings. The van der Waals surface area contributed by atoms with E-state index < -0.39 is 0 Å². The minimum atomic E-state index is 0.570. The molecule has 2 aromatic heterocycles. The van der Waals surface area contributed by atoms with Crippen LogP contribution in [-0.2, 0) is 6.61 Å². The fourth-order valence-electron chi connectivity index (χ4n) is 1.40. The molecular formula is C12H14N2OS. The van der Waals surface area contributed by atoms with E-state index in [1.165, 1.54) is 5.56 Å². The van der Waals surface area contributed by atoms with Gasteiger partial charge in [-0.1, -0.05) is 0 Å². The molecule has 0 fully saturated rings. The summed E-state index contributed by atoms with van der Waals surface area (Å²) in [5.74, 6) is 1.44. The molecule has 0 aliphatic carbocycles. The highest BCUT2D eigenvalue weighted by atomic mass is 32.1. The number of thiophene rings is 1. The number of ether oxygens (including phenoxy) is 1. The highest BCUT2D eigenvalue weighted by Crippen LogP contribution is 2.18. The molecule has 3 nitrogen and oxygen atoms in total. The zero-order valence-electron chi connectivity index (χ0n) is 9.65. The quantitative estimate of drug-likeness (QED) is 0.818. The van der Waals surface area contributed by atoms with Crippen LogP contribution in [0.25, 0.3) is 0 Å². The topological polar surface area (TPSA) is 35.0 Å². The van der Waals surface area contributed by atoms with Crippen LogP contribution in [-0.4, -0.2) is 9.97 Å². The third-order valence-electron chi connectivity index (χ3n) is 2.41. The third-order valence-corrected chi connectivity index (χ3v) is 3.14. The summed E-state index contributed by atoms with van der Waals surface area (Å²) in [4.78, 5) is 8.59. The van der Waals surface area contributed by atoms with Gasteiger partial charge in [0.15, 0.2) is 0 Å². The van der Waals surface area contributed by atoms with Crippen molar-refractivity contribution < 1.29 is 4.74 Å². The van der Waals surface area contributed by atoms with Crippen molar-refractivity contribution in [3.8, 4) is 5.88 Å². The fraction of sp³-hybridized carbons (Fsp3) is 0.333. The molecule has 0 bridgehead atoms. The molecule has 0 aromatic carbocycles. The van der Waals surface area contributed by atoms with Crippen LogP contribution >= 0.6 is 11.3 Å². The second-order valence-electron chi connectivity index (χ2n) is 3.71. The van der Waals surface area contributed by atoms with Crippen molar-refractivity contribution in [2.75, 3.05) is 0 Å². The Kier molecular flexibility index (Phi) is 3.19. The zero-order chi connectivity index (χ0) is 11.5. The molecule has 2 rings (SSSR count). The predicted molar refractivity (Wildman–Crippen MR) is 64.9 cm³/mol. The van der Waals surface area contributed by atoms with Gasteiger partial charge in [-0.2, -0.15) is 16.3 Å². The first kappa shape index (κ1) is 11.1. The molecule has 0 unspecified atom stereocenters. The zero-order valence-corrected chi connectivity index (χ0v) is 10.5. The van der Waals surface area contributed by atoms with Gasteiger partial charge in [0, 0.05) is 16.8 Å². The van der Waals surface area contributed by atoms with Gasteiger partial charge < -0.3 is 4.74 Å². The average Bonchev–Trinajstić information content (AvgIpc) is 2.74. The van der Waals surface area contributed by atoms with Crippen molar-refractivity contribution in [1.29, 1.82) is 0 Å². The van der Waals surface area contributed by atoms with Crippen molar-refractivity contribution in [2.24, 2.45) is 0 Å². The summed E-state index contributed by atoms with van der Waals surface area (Å²) in [6.45, 7) is 6.41. The van der Waals surface area contributed by atoms with Gasteiger partial charge in [0.2, 0.25) is 5.88 Å². The lowest BCUT2D eigenvalue weighted by molar-refractivity contribution is 0.290. The normalized spacial score (nSPS) is 10.4. The highest BCUT2D eigenvalue weighted by Gasteiger charge is 2.07. The van der Waals surface area contributed by atoms with Crippen molar-refractivity contribution in [3.05, 3.63) is 39.5 Å². The molecule has 0 aliphatic heterocycles. The van der Waals surface area contributed by atoms with E-state index in [1.54, 1.807) is 11.3 Å². The fourth-order valence-corrected chi connectivity index (χ4v) is 2.06. The van der Waals surface area contributed by atoms with Crippen LogP contribution in [0, 0.1) is 20.8 Å². The molecule has 0 spiro atoms. The predicted octanol–water partition coefficient (Wildman–Crippen LogP) is 3.04. The number of aryl methyl sites for hydroxylation is 2. The van der Waals surface area contributed by atoms with Crippen LogP contribution in [0.15, 0.2) is 16.8 Å². The highest BCUT2D eigenvalue weighted by molar-refractivity contribution is 7.07. The van der Waals surface area contributed by atoms with Crippen molar-refractivity contribution in [2.45, 2.75) is 27.4 Å². The summed E-state index contributed by atoms with van der Waals surface area (Å²) in [6.07, 6.45) is 0. The number of aromatic nitrogens is 2. The Morgan fingerprint density at radius 1 is 1.25 bits per heavy atom. The van der Waals surface area contributed by atoms with Crippen molar-refractivity contribution >= 4 is 11.3 Å². The Hall–Kier alpha value is -1.42. The lowest BCUT2D eigenvalue weighted by Crippen LogP contribution is -2.03. The third kappa shape index (κ3) is 2.39. The molecule has 0 atom stereocenters. The smallest absolute Gasteiger partial charge is 0.220 e. The van der Waals surface area contributed by atoms with Gasteiger partial charge in [-0.25, -0.2) is 4.98 Å². The second kappa shape index (κ2) is 4.61. The van der Waals surface area contributed by atoms with Crippen LogP contribution in [0.3, 0.4) is 0 Å². The van der Waals surface area contributed by atoms with Gasteiger partial charge in [-0.05, 0) is 37.6 Å². The number of nitrogens with zero attached hydrogens (tertiary/aromatic N) is 2. The summed E-state index contributed by atoms with van der Waals surface area (Å²) in [5, 5.41) is 4.12. The number of hydrogen-bond acceptors (Lipinski definition) is 4. The summed E-state index contributed by atoms with van der Waals surface area (Å²) in [7, 11) is 0. The average molecular weight is 234 g/mol. The first-order valence-corrected chi connectivity index (χ1v) is 6.07. The lowest BCUT2D eigenvalue weighted by Gasteiger charge is -2.09. The van der Waals surface area contributed by atoms with E-state index in [9.17, 15) is 0 Å². The van der Waals surface area contributed by atoms with Gasteiger partial charge >= 0.3 is 0 Å². The Morgan fingerprint density at radius 3 is 2.75 bits per heavy atom. The Labute approximate surface area is 99.1 Å². The van der Waals surface area contributed by atoms with Crippen molar-refractivity contribution in [1.82, 2.24) is 9.97 Å². The van der Waals surface area contributed by atoms with Gasteiger partial charge in [-0.15, -0.1) is 0 Å². The van der Waals surface area contributed by atoms with Gasteiger partial charge in [0.05, 0.1) is 0 Å². The van der Waals surface area contributed by atoms with E-state index in [-0.39, 0.29) is 0 Å². The first-order valence-electron chi connectivity index (χ1n) is 5.12. The van der Waals surface area contributed by atoms with Gasteiger partial charge in [0.25, 0.3) is 0 Å². The van der Waals surface area contributed by atoms with Crippen molar-refractivity contribution in [3.63, 3.8) is 0 Å². The number of rotatable bonds is 3. The summed E-state index contributed by atoms with van der Waals surface area (Å²) >= 11 is 1.67. The van der Waals surface area contributed by atoms with Crippen LogP contribution in [0.2, 0.25) is 0 Å². The molecular weight excluding hydrogens is 220 g/mol. The standard InChI is InChI=1S/C12H14N2OS/c1-8-9(2)13-10(3)14-12(8)15-6-11-4-5-16-7-11/h4-5,7H,6H2,1-3H3. The lowest BCUT2D eigenvalue weighted by atomic mass is 10.2. The molecule has 84 valence electrons. The molecule has 0 saturated heterocycles. The van der Waals surface area contributed by atoms with E-state index in [4.69, 9.17) is 4.74 Å². The van der Waals surface area contributed by atoms with E-state index in [0.717, 1.165) is 17.1 Å². The largest absolute Gasteiger partial charge is 0.472 e. The molecule has 4 heteroatoms. The molecule has 0 radical (unpaired) electrons. The Morgan fingerprint density at radius 2 is 2.06 bits per heavy atom. The SMILES string of the molecule is Cc1nc(C)c(C)c(OCc2ccsc2)n1. The first-order chi connectivity index (χ1) is 7.66. The molecule has 2 heterocycles. The maximum Gasteiger partial charge on any atom is 0.220 e. The summed E-state index contributed by atoms with van der Waals surface area (Å²) in [5.41, 5.74) is 3.17. The second-order valence-corrected chi connectivity index (χ2v) is 4.49.